The average Bonchev–Trinajstić information content (AvgIpc) is 2.62. The molecule has 2 atom stereocenters. The second kappa shape index (κ2) is 5.09. The first kappa shape index (κ1) is 11.9. The number of hydrogen-bond acceptors (Lipinski definition) is 4. The van der Waals surface area contributed by atoms with Gasteiger partial charge < -0.3 is 21.5 Å². The molecule has 0 saturated carbocycles. The van der Waals surface area contributed by atoms with Crippen molar-refractivity contribution in [2.45, 2.75) is 31.3 Å². The van der Waals surface area contributed by atoms with E-state index in [0.717, 1.165) is 12.8 Å². The van der Waals surface area contributed by atoms with Crippen LogP contribution in [-0.2, 0) is 9.59 Å². The molecule has 6 heteroatoms. The van der Waals surface area contributed by atoms with Gasteiger partial charge in [0.05, 0.1) is 25.1 Å². The van der Waals surface area contributed by atoms with Gasteiger partial charge >= 0.3 is 0 Å². The summed E-state index contributed by atoms with van der Waals surface area (Å²) in [6, 6.07) is -1.04. The lowest BCUT2D eigenvalue weighted by Gasteiger charge is -2.25. The fourth-order valence-corrected chi connectivity index (χ4v) is 1.83. The van der Waals surface area contributed by atoms with Gasteiger partial charge in [-0.15, -0.1) is 0 Å². The van der Waals surface area contributed by atoms with Crippen molar-refractivity contribution in [3.05, 3.63) is 0 Å². The Morgan fingerprint density at radius 1 is 1.53 bits per heavy atom. The molecule has 86 valence electrons. The van der Waals surface area contributed by atoms with Crippen molar-refractivity contribution in [2.24, 2.45) is 11.5 Å². The summed E-state index contributed by atoms with van der Waals surface area (Å²) in [6.07, 6.45) is 1.50. The predicted octanol–water partition coefficient (Wildman–Crippen LogP) is -1.83. The third-order valence-electron chi connectivity index (χ3n) is 2.61. The standard InChI is InChI=1S/C9H17N3O3/c10-7(4-8(11)14)9(15)12-3-1-2-6(12)5-13/h6-7,13H,1-5,10H2,(H2,11,14). The van der Waals surface area contributed by atoms with Gasteiger partial charge in [0.2, 0.25) is 11.8 Å². The lowest BCUT2D eigenvalue weighted by Crippen LogP contribution is -2.48. The van der Waals surface area contributed by atoms with Crippen LogP contribution in [0.15, 0.2) is 0 Å². The monoisotopic (exact) mass is 215 g/mol. The third-order valence-corrected chi connectivity index (χ3v) is 2.61. The van der Waals surface area contributed by atoms with Crippen molar-refractivity contribution >= 4 is 11.8 Å². The highest BCUT2D eigenvalue weighted by molar-refractivity contribution is 5.87. The molecule has 5 N–H and O–H groups in total. The molecular formula is C9H17N3O3. The summed E-state index contributed by atoms with van der Waals surface area (Å²) in [6.45, 7) is 0.533. The minimum atomic E-state index is -0.880. The summed E-state index contributed by atoms with van der Waals surface area (Å²) in [5, 5.41) is 9.02. The van der Waals surface area contributed by atoms with Crippen LogP contribution >= 0.6 is 0 Å². The van der Waals surface area contributed by atoms with Crippen molar-refractivity contribution in [1.82, 2.24) is 4.90 Å². The number of nitrogens with two attached hydrogens (primary N) is 2. The van der Waals surface area contributed by atoms with Gasteiger partial charge in [-0.1, -0.05) is 0 Å². The van der Waals surface area contributed by atoms with Crippen LogP contribution in [-0.4, -0.2) is 47.1 Å². The Kier molecular flexibility index (Phi) is 4.05. The number of likely N-dealkylation sites (tertiary alicyclic amines) is 1. The van der Waals surface area contributed by atoms with Gasteiger partial charge in [-0.3, -0.25) is 9.59 Å². The maximum atomic E-state index is 11.7. The summed E-state index contributed by atoms with van der Waals surface area (Å²) in [7, 11) is 0. The molecule has 2 unspecified atom stereocenters. The molecule has 0 bridgehead atoms. The molecule has 0 aliphatic carbocycles. The van der Waals surface area contributed by atoms with Crippen molar-refractivity contribution in [3.63, 3.8) is 0 Å². The number of hydrogen-bond donors (Lipinski definition) is 3. The van der Waals surface area contributed by atoms with Crippen LogP contribution in [0, 0.1) is 0 Å². The Balaban J connectivity index is 2.55. The average molecular weight is 215 g/mol. The number of carbonyl (C=O) groups excluding carboxylic acids is 2. The van der Waals surface area contributed by atoms with Gasteiger partial charge in [-0.05, 0) is 12.8 Å². The Hall–Kier alpha value is -1.14. The Morgan fingerprint density at radius 3 is 2.73 bits per heavy atom. The van der Waals surface area contributed by atoms with E-state index in [1.807, 2.05) is 0 Å². The van der Waals surface area contributed by atoms with Crippen molar-refractivity contribution < 1.29 is 14.7 Å². The molecule has 0 aromatic carbocycles. The molecule has 1 aliphatic rings. The molecule has 15 heavy (non-hydrogen) atoms. The third kappa shape index (κ3) is 2.90. The molecule has 1 fully saturated rings. The maximum Gasteiger partial charge on any atom is 0.240 e. The highest BCUT2D eigenvalue weighted by atomic mass is 16.3. The smallest absolute Gasteiger partial charge is 0.240 e. The minimum absolute atomic E-state index is 0.0605. The van der Waals surface area contributed by atoms with E-state index in [1.54, 1.807) is 0 Å². The van der Waals surface area contributed by atoms with Gasteiger partial charge in [0.15, 0.2) is 0 Å². The van der Waals surface area contributed by atoms with E-state index in [4.69, 9.17) is 16.6 Å². The lowest BCUT2D eigenvalue weighted by molar-refractivity contribution is -0.136. The number of rotatable bonds is 4. The molecule has 2 amide bonds. The van der Waals surface area contributed by atoms with Crippen LogP contribution in [0.1, 0.15) is 19.3 Å². The van der Waals surface area contributed by atoms with Crippen LogP contribution in [0.3, 0.4) is 0 Å². The number of nitrogens with zero attached hydrogens (tertiary/aromatic N) is 1. The molecule has 1 saturated heterocycles. The molecule has 0 spiro atoms. The Labute approximate surface area is 88.2 Å². The highest BCUT2D eigenvalue weighted by Gasteiger charge is 2.31. The first-order valence-electron chi connectivity index (χ1n) is 5.01. The Bertz CT molecular complexity index is 257. The molecule has 0 aromatic heterocycles. The molecule has 6 nitrogen and oxygen atoms in total. The largest absolute Gasteiger partial charge is 0.394 e. The van der Waals surface area contributed by atoms with Crippen LogP contribution in [0.4, 0.5) is 0 Å². The van der Waals surface area contributed by atoms with Crippen molar-refractivity contribution in [3.8, 4) is 0 Å². The molecule has 0 radical (unpaired) electrons. The number of aliphatic hydroxyl groups excluding tert-OH is 1. The van der Waals surface area contributed by atoms with Crippen LogP contribution in [0.2, 0.25) is 0 Å². The zero-order valence-corrected chi connectivity index (χ0v) is 8.56. The lowest BCUT2D eigenvalue weighted by atomic mass is 10.1. The van der Waals surface area contributed by atoms with Gasteiger partial charge in [0.25, 0.3) is 0 Å². The van der Waals surface area contributed by atoms with E-state index in [0.29, 0.717) is 6.54 Å². The second-order valence-electron chi connectivity index (χ2n) is 3.79. The van der Waals surface area contributed by atoms with E-state index < -0.39 is 11.9 Å². The summed E-state index contributed by atoms with van der Waals surface area (Å²) in [5.74, 6) is -0.888. The van der Waals surface area contributed by atoms with E-state index in [9.17, 15) is 9.59 Å². The zero-order chi connectivity index (χ0) is 11.4. The Morgan fingerprint density at radius 2 is 2.20 bits per heavy atom. The highest BCUT2D eigenvalue weighted by Crippen LogP contribution is 2.17. The second-order valence-corrected chi connectivity index (χ2v) is 3.79. The number of carbonyl (C=O) groups is 2. The maximum absolute atomic E-state index is 11.7. The summed E-state index contributed by atoms with van der Waals surface area (Å²) in [4.78, 5) is 23.9. The minimum Gasteiger partial charge on any atom is -0.394 e. The summed E-state index contributed by atoms with van der Waals surface area (Å²) >= 11 is 0. The molecule has 0 aromatic rings. The summed E-state index contributed by atoms with van der Waals surface area (Å²) < 4.78 is 0. The molecule has 1 heterocycles. The van der Waals surface area contributed by atoms with E-state index in [2.05, 4.69) is 0 Å². The van der Waals surface area contributed by atoms with Gasteiger partial charge in [-0.2, -0.15) is 0 Å². The van der Waals surface area contributed by atoms with Gasteiger partial charge in [0.1, 0.15) is 0 Å². The normalized spacial score (nSPS) is 22.8. The molecule has 1 rings (SSSR count). The predicted molar refractivity (Wildman–Crippen MR) is 53.6 cm³/mol. The number of amides is 2. The van der Waals surface area contributed by atoms with E-state index in [1.165, 1.54) is 4.90 Å². The number of aliphatic hydroxyl groups is 1. The van der Waals surface area contributed by atoms with Crippen molar-refractivity contribution in [2.75, 3.05) is 13.2 Å². The quantitative estimate of drug-likeness (QED) is 0.512. The van der Waals surface area contributed by atoms with Gasteiger partial charge in [-0.25, -0.2) is 0 Å². The fourth-order valence-electron chi connectivity index (χ4n) is 1.83. The van der Waals surface area contributed by atoms with Gasteiger partial charge in [0, 0.05) is 6.54 Å². The first-order valence-corrected chi connectivity index (χ1v) is 5.01. The number of primary amides is 1. The SMILES string of the molecule is NC(=O)CC(N)C(=O)N1CCCC1CO. The topological polar surface area (TPSA) is 110 Å². The summed E-state index contributed by atoms with van der Waals surface area (Å²) in [5.41, 5.74) is 10.5. The van der Waals surface area contributed by atoms with Crippen molar-refractivity contribution in [1.29, 1.82) is 0 Å². The van der Waals surface area contributed by atoms with Crippen LogP contribution in [0.25, 0.3) is 0 Å². The van der Waals surface area contributed by atoms with E-state index in [-0.39, 0.29) is 25.0 Å². The molecular weight excluding hydrogens is 198 g/mol. The van der Waals surface area contributed by atoms with Crippen LogP contribution < -0.4 is 11.5 Å². The van der Waals surface area contributed by atoms with E-state index >= 15 is 0 Å². The molecule has 1 aliphatic heterocycles. The fraction of sp³-hybridized carbons (Fsp3) is 0.778. The first-order chi connectivity index (χ1) is 7.06. The van der Waals surface area contributed by atoms with Crippen LogP contribution in [0.5, 0.6) is 0 Å². The zero-order valence-electron chi connectivity index (χ0n) is 8.56.